The lowest BCUT2D eigenvalue weighted by Gasteiger charge is -2.16. The van der Waals surface area contributed by atoms with Crippen molar-refractivity contribution in [2.24, 2.45) is 7.05 Å². The number of carbonyl (C=O) groups excluding carboxylic acids is 1. The number of nitrogens with one attached hydrogen (secondary N) is 2. The third kappa shape index (κ3) is 3.71. The van der Waals surface area contributed by atoms with Gasteiger partial charge in [-0.15, -0.1) is 0 Å². The molecule has 0 aliphatic rings. The lowest BCUT2D eigenvalue weighted by molar-refractivity contribution is 0.0964. The largest absolute Gasteiger partial charge is 0.369 e. The average Bonchev–Trinajstić information content (AvgIpc) is 3.22. The summed E-state index contributed by atoms with van der Waals surface area (Å²) in [6.07, 6.45) is 4.97. The maximum Gasteiger partial charge on any atom is 0.251 e. The van der Waals surface area contributed by atoms with E-state index in [-0.39, 0.29) is 11.8 Å². The van der Waals surface area contributed by atoms with Gasteiger partial charge < -0.3 is 10.6 Å². The van der Waals surface area contributed by atoms with Crippen LogP contribution in [0.3, 0.4) is 0 Å². The summed E-state index contributed by atoms with van der Waals surface area (Å²) in [7, 11) is 3.51. The van der Waals surface area contributed by atoms with Crippen LogP contribution in [0.1, 0.15) is 28.8 Å². The van der Waals surface area contributed by atoms with Crippen LogP contribution in [0.2, 0.25) is 0 Å². The summed E-state index contributed by atoms with van der Waals surface area (Å²) in [4.78, 5) is 25.4. The smallest absolute Gasteiger partial charge is 0.251 e. The first-order valence-corrected chi connectivity index (χ1v) is 9.72. The first-order chi connectivity index (χ1) is 14.6. The van der Waals surface area contributed by atoms with Crippen LogP contribution in [0.5, 0.6) is 0 Å². The van der Waals surface area contributed by atoms with E-state index in [1.807, 2.05) is 31.3 Å². The van der Waals surface area contributed by atoms with Crippen LogP contribution >= 0.6 is 0 Å². The Morgan fingerprint density at radius 3 is 2.77 bits per heavy atom. The van der Waals surface area contributed by atoms with E-state index >= 15 is 0 Å². The molecule has 4 rings (SSSR count). The van der Waals surface area contributed by atoms with Crippen molar-refractivity contribution in [1.82, 2.24) is 30.0 Å². The van der Waals surface area contributed by atoms with E-state index in [9.17, 15) is 4.79 Å². The van der Waals surface area contributed by atoms with Gasteiger partial charge in [-0.25, -0.2) is 9.97 Å². The third-order valence-corrected chi connectivity index (χ3v) is 5.14. The number of para-hydroxylation sites is 1. The summed E-state index contributed by atoms with van der Waals surface area (Å²) in [5.74, 6) is 0.776. The Morgan fingerprint density at radius 2 is 2.00 bits per heavy atom. The Labute approximate surface area is 174 Å². The predicted molar refractivity (Wildman–Crippen MR) is 116 cm³/mol. The van der Waals surface area contributed by atoms with Crippen molar-refractivity contribution in [3.63, 3.8) is 0 Å². The fraction of sp³-hybridized carbons (Fsp3) is 0.227. The van der Waals surface area contributed by atoms with Crippen LogP contribution in [-0.2, 0) is 7.05 Å². The van der Waals surface area contributed by atoms with E-state index < -0.39 is 0 Å². The van der Waals surface area contributed by atoms with Crippen LogP contribution in [0.15, 0.2) is 55.1 Å². The van der Waals surface area contributed by atoms with Gasteiger partial charge in [-0.3, -0.25) is 14.5 Å². The highest BCUT2D eigenvalue weighted by atomic mass is 16.1. The van der Waals surface area contributed by atoms with Gasteiger partial charge in [0.05, 0.1) is 22.5 Å². The fourth-order valence-corrected chi connectivity index (χ4v) is 3.52. The molecule has 4 aromatic rings. The van der Waals surface area contributed by atoms with Gasteiger partial charge in [-0.1, -0.05) is 25.1 Å². The van der Waals surface area contributed by atoms with Gasteiger partial charge in [0.15, 0.2) is 0 Å². The minimum absolute atomic E-state index is 0.117. The van der Waals surface area contributed by atoms with Crippen molar-refractivity contribution in [2.75, 3.05) is 18.9 Å². The summed E-state index contributed by atoms with van der Waals surface area (Å²) in [6, 6.07) is 11.5. The molecular weight excluding hydrogens is 378 g/mol. The van der Waals surface area contributed by atoms with Crippen LogP contribution in [0.4, 0.5) is 5.82 Å². The van der Waals surface area contributed by atoms with Gasteiger partial charge in [0, 0.05) is 50.4 Å². The van der Waals surface area contributed by atoms with Gasteiger partial charge in [0.2, 0.25) is 0 Å². The van der Waals surface area contributed by atoms with Crippen molar-refractivity contribution in [3.05, 3.63) is 66.2 Å². The van der Waals surface area contributed by atoms with E-state index in [1.54, 1.807) is 36.5 Å². The maximum atomic E-state index is 12.2. The molecule has 8 heteroatoms. The van der Waals surface area contributed by atoms with E-state index in [1.165, 1.54) is 0 Å². The average molecular weight is 401 g/mol. The number of benzene rings is 1. The Bertz CT molecular complexity index is 1200. The Balaban J connectivity index is 1.57. The molecule has 8 nitrogen and oxygen atoms in total. The zero-order chi connectivity index (χ0) is 21.1. The molecule has 30 heavy (non-hydrogen) atoms. The van der Waals surface area contributed by atoms with Gasteiger partial charge in [0.1, 0.15) is 12.1 Å². The maximum absolute atomic E-state index is 12.2. The molecule has 3 aromatic heterocycles. The van der Waals surface area contributed by atoms with Crippen molar-refractivity contribution < 1.29 is 4.79 Å². The van der Waals surface area contributed by atoms with E-state index in [2.05, 4.69) is 43.7 Å². The quantitative estimate of drug-likeness (QED) is 0.515. The topological polar surface area (TPSA) is 97.6 Å². The molecule has 0 aliphatic carbocycles. The van der Waals surface area contributed by atoms with Gasteiger partial charge in [-0.05, 0) is 17.7 Å². The number of pyridine rings is 1. The first kappa shape index (κ1) is 19.5. The number of anilines is 1. The summed E-state index contributed by atoms with van der Waals surface area (Å²) in [6.45, 7) is 2.78. The highest BCUT2D eigenvalue weighted by Gasteiger charge is 2.15. The van der Waals surface area contributed by atoms with Gasteiger partial charge >= 0.3 is 0 Å². The van der Waals surface area contributed by atoms with Crippen molar-refractivity contribution in [1.29, 1.82) is 0 Å². The molecule has 0 spiro atoms. The van der Waals surface area contributed by atoms with E-state index in [4.69, 9.17) is 0 Å². The second kappa shape index (κ2) is 8.28. The van der Waals surface area contributed by atoms with E-state index in [0.717, 1.165) is 33.7 Å². The molecule has 2 N–H and O–H groups in total. The number of nitrogens with zero attached hydrogens (tertiary/aromatic N) is 5. The van der Waals surface area contributed by atoms with Crippen LogP contribution in [-0.4, -0.2) is 44.2 Å². The lowest BCUT2D eigenvalue weighted by atomic mass is 9.96. The summed E-state index contributed by atoms with van der Waals surface area (Å²) >= 11 is 0. The molecular formula is C22H23N7O. The van der Waals surface area contributed by atoms with Crippen LogP contribution in [0.25, 0.3) is 22.3 Å². The van der Waals surface area contributed by atoms with Crippen molar-refractivity contribution in [2.45, 2.75) is 12.8 Å². The normalized spacial score (nSPS) is 12.0. The molecule has 0 saturated heterocycles. The molecule has 0 bridgehead atoms. The number of aryl methyl sites for hydroxylation is 1. The number of hydrogen-bond acceptors (Lipinski definition) is 6. The van der Waals surface area contributed by atoms with Crippen LogP contribution in [0, 0.1) is 0 Å². The lowest BCUT2D eigenvalue weighted by Crippen LogP contribution is -2.18. The zero-order valence-corrected chi connectivity index (χ0v) is 17.1. The molecule has 0 aliphatic heterocycles. The number of amides is 1. The zero-order valence-electron chi connectivity index (χ0n) is 17.1. The Hall–Kier alpha value is -3.81. The molecule has 1 atom stereocenters. The van der Waals surface area contributed by atoms with E-state index in [0.29, 0.717) is 12.1 Å². The first-order valence-electron chi connectivity index (χ1n) is 9.72. The van der Waals surface area contributed by atoms with Gasteiger partial charge in [-0.2, -0.15) is 5.10 Å². The Morgan fingerprint density at radius 1 is 1.13 bits per heavy atom. The van der Waals surface area contributed by atoms with Gasteiger partial charge in [0.25, 0.3) is 5.91 Å². The highest BCUT2D eigenvalue weighted by Crippen LogP contribution is 2.27. The minimum atomic E-state index is -0.117. The molecule has 1 amide bonds. The molecule has 1 aromatic carbocycles. The molecule has 3 heterocycles. The fourth-order valence-electron chi connectivity index (χ4n) is 3.52. The Kier molecular flexibility index (Phi) is 5.38. The van der Waals surface area contributed by atoms with Crippen molar-refractivity contribution >= 4 is 22.6 Å². The molecule has 0 saturated carbocycles. The van der Waals surface area contributed by atoms with Crippen molar-refractivity contribution in [3.8, 4) is 11.4 Å². The molecule has 0 radical (unpaired) electrons. The number of rotatable bonds is 6. The monoisotopic (exact) mass is 401 g/mol. The molecule has 152 valence electrons. The summed E-state index contributed by atoms with van der Waals surface area (Å²) in [5, 5.41) is 11.1. The second-order valence-electron chi connectivity index (χ2n) is 7.09. The molecule has 0 fully saturated rings. The second-order valence-corrected chi connectivity index (χ2v) is 7.09. The highest BCUT2D eigenvalue weighted by molar-refractivity contribution is 6.06. The standard InChI is InChI=1S/C22H23N7O/c1-14(12-25-20-11-18(26-13-27-20)19-8-10-28-29(19)3)15-5-4-6-16-17(22(30)23-2)7-9-24-21(15)16/h4-11,13-14H,12H2,1-3H3,(H,23,30)(H,25,26,27)/t14-/m1/s1. The predicted octanol–water partition coefficient (Wildman–Crippen LogP) is 3.00. The van der Waals surface area contributed by atoms with Crippen LogP contribution < -0.4 is 10.6 Å². The number of hydrogen-bond donors (Lipinski definition) is 2. The number of fused-ring (bicyclic) bond motifs is 1. The number of aromatic nitrogens is 5. The summed E-state index contributed by atoms with van der Waals surface area (Å²) < 4.78 is 1.78. The third-order valence-electron chi connectivity index (χ3n) is 5.14. The number of carbonyl (C=O) groups is 1. The SMILES string of the molecule is CNC(=O)c1ccnc2c([C@H](C)CNc3cc(-c4ccnn4C)ncn3)cccc12. The summed E-state index contributed by atoms with van der Waals surface area (Å²) in [5.41, 5.74) is 4.27. The molecule has 0 unspecified atom stereocenters. The minimum Gasteiger partial charge on any atom is -0.369 e.